The van der Waals surface area contributed by atoms with Crippen molar-refractivity contribution in [3.8, 4) is 0 Å². The van der Waals surface area contributed by atoms with Crippen molar-refractivity contribution in [2.75, 3.05) is 20.2 Å². The highest BCUT2D eigenvalue weighted by Crippen LogP contribution is 2.25. The zero-order chi connectivity index (χ0) is 16.0. The predicted molar refractivity (Wildman–Crippen MR) is 72.7 cm³/mol. The molecule has 0 fully saturated rings. The molecule has 114 valence electrons. The van der Waals surface area contributed by atoms with Crippen molar-refractivity contribution < 1.29 is 19.4 Å². The number of ether oxygens (including phenoxy) is 1. The molecule has 0 radical (unpaired) electrons. The topological polar surface area (TPSA) is 116 Å². The fourth-order valence-electron chi connectivity index (χ4n) is 1.74. The number of nitrogens with zero attached hydrogens (tertiary/aromatic N) is 3. The van der Waals surface area contributed by atoms with Gasteiger partial charge < -0.3 is 4.74 Å². The minimum Gasteiger partial charge on any atom is -0.468 e. The molecule has 1 rings (SSSR count). The Hall–Kier alpha value is -2.55. The maximum absolute atomic E-state index is 11.2. The first-order valence-corrected chi connectivity index (χ1v) is 6.09. The molecule has 9 nitrogen and oxygen atoms in total. The van der Waals surface area contributed by atoms with Gasteiger partial charge in [-0.1, -0.05) is 6.92 Å². The Balaban J connectivity index is 3.03. The van der Waals surface area contributed by atoms with Crippen molar-refractivity contribution >= 4 is 17.3 Å². The SMILES string of the molecule is CCN(CC(=O)OC)Cc1ccc([N+](=O)[O-])cc1[N+](=O)[O-]. The average molecular weight is 297 g/mol. The largest absolute Gasteiger partial charge is 0.468 e. The van der Waals surface area contributed by atoms with Crippen molar-refractivity contribution in [2.24, 2.45) is 0 Å². The van der Waals surface area contributed by atoms with Crippen molar-refractivity contribution in [1.29, 1.82) is 0 Å². The van der Waals surface area contributed by atoms with Crippen LogP contribution in [-0.2, 0) is 16.1 Å². The number of carbonyl (C=O) groups excluding carboxylic acids is 1. The quantitative estimate of drug-likeness (QED) is 0.425. The maximum atomic E-state index is 11.2. The van der Waals surface area contributed by atoms with Crippen molar-refractivity contribution in [1.82, 2.24) is 4.90 Å². The number of benzene rings is 1. The van der Waals surface area contributed by atoms with E-state index < -0.39 is 15.8 Å². The number of nitro groups is 2. The zero-order valence-electron chi connectivity index (χ0n) is 11.6. The van der Waals surface area contributed by atoms with Crippen LogP contribution in [0, 0.1) is 20.2 Å². The number of hydrogen-bond acceptors (Lipinski definition) is 7. The highest BCUT2D eigenvalue weighted by atomic mass is 16.6. The van der Waals surface area contributed by atoms with E-state index in [2.05, 4.69) is 4.74 Å². The van der Waals surface area contributed by atoms with Crippen LogP contribution in [-0.4, -0.2) is 40.9 Å². The monoisotopic (exact) mass is 297 g/mol. The summed E-state index contributed by atoms with van der Waals surface area (Å²) in [6.07, 6.45) is 0. The van der Waals surface area contributed by atoms with Crippen LogP contribution in [0.2, 0.25) is 0 Å². The second-order valence-corrected chi connectivity index (χ2v) is 4.21. The van der Waals surface area contributed by atoms with Gasteiger partial charge in [-0.3, -0.25) is 29.9 Å². The molecule has 0 aliphatic carbocycles. The first-order valence-electron chi connectivity index (χ1n) is 6.09. The lowest BCUT2D eigenvalue weighted by molar-refractivity contribution is -0.394. The molecule has 21 heavy (non-hydrogen) atoms. The highest BCUT2D eigenvalue weighted by Gasteiger charge is 2.21. The van der Waals surface area contributed by atoms with E-state index in [-0.39, 0.29) is 24.5 Å². The molecule has 0 aliphatic rings. The number of nitro benzene ring substituents is 2. The second-order valence-electron chi connectivity index (χ2n) is 4.21. The van der Waals surface area contributed by atoms with Crippen LogP contribution in [0.4, 0.5) is 11.4 Å². The molecule has 0 unspecified atom stereocenters. The summed E-state index contributed by atoms with van der Waals surface area (Å²) in [4.78, 5) is 33.2. The Kier molecular flexibility index (Phi) is 5.73. The third-order valence-electron chi connectivity index (χ3n) is 2.90. The molecule has 0 amide bonds. The lowest BCUT2D eigenvalue weighted by Crippen LogP contribution is -2.30. The van der Waals surface area contributed by atoms with E-state index in [4.69, 9.17) is 0 Å². The van der Waals surface area contributed by atoms with E-state index >= 15 is 0 Å². The minimum absolute atomic E-state index is 0.0128. The molecule has 0 aromatic heterocycles. The van der Waals surface area contributed by atoms with E-state index in [1.54, 1.807) is 11.8 Å². The van der Waals surface area contributed by atoms with Crippen LogP contribution in [0.15, 0.2) is 18.2 Å². The lowest BCUT2D eigenvalue weighted by Gasteiger charge is -2.18. The normalized spacial score (nSPS) is 10.4. The number of carbonyl (C=O) groups is 1. The molecule has 9 heteroatoms. The third-order valence-corrected chi connectivity index (χ3v) is 2.90. The standard InChI is InChI=1S/C12H15N3O6/c1-3-13(8-12(16)21-2)7-9-4-5-10(14(17)18)6-11(9)15(19)20/h4-6H,3,7-8H2,1-2H3. The Morgan fingerprint density at radius 2 is 1.95 bits per heavy atom. The molecule has 0 atom stereocenters. The van der Waals surface area contributed by atoms with Gasteiger partial charge in [0.1, 0.15) is 0 Å². The maximum Gasteiger partial charge on any atom is 0.319 e. The fraction of sp³-hybridized carbons (Fsp3) is 0.417. The Morgan fingerprint density at radius 1 is 1.29 bits per heavy atom. The van der Waals surface area contributed by atoms with Crippen LogP contribution >= 0.6 is 0 Å². The summed E-state index contributed by atoms with van der Waals surface area (Å²) in [7, 11) is 1.25. The van der Waals surface area contributed by atoms with Gasteiger partial charge in [0, 0.05) is 18.2 Å². The van der Waals surface area contributed by atoms with Crippen LogP contribution in [0.5, 0.6) is 0 Å². The number of hydrogen-bond donors (Lipinski definition) is 0. The van der Waals surface area contributed by atoms with E-state index in [1.165, 1.54) is 19.2 Å². The Labute approximate surface area is 120 Å². The number of esters is 1. The molecular formula is C12H15N3O6. The minimum atomic E-state index is -0.692. The van der Waals surface area contributed by atoms with E-state index in [0.717, 1.165) is 6.07 Å². The molecule has 0 saturated heterocycles. The summed E-state index contributed by atoms with van der Waals surface area (Å²) in [5.41, 5.74) is -0.384. The van der Waals surface area contributed by atoms with Gasteiger partial charge in [0.2, 0.25) is 0 Å². The average Bonchev–Trinajstić information content (AvgIpc) is 2.45. The van der Waals surface area contributed by atoms with Crippen molar-refractivity contribution in [3.63, 3.8) is 0 Å². The van der Waals surface area contributed by atoms with E-state index in [9.17, 15) is 25.0 Å². The first-order chi connectivity index (χ1) is 9.88. The Morgan fingerprint density at radius 3 is 2.43 bits per heavy atom. The van der Waals surface area contributed by atoms with Crippen LogP contribution in [0.1, 0.15) is 12.5 Å². The summed E-state index contributed by atoms with van der Waals surface area (Å²) in [5, 5.41) is 21.7. The Bertz CT molecular complexity index is 560. The summed E-state index contributed by atoms with van der Waals surface area (Å²) in [6, 6.07) is 3.45. The van der Waals surface area contributed by atoms with E-state index in [1.807, 2.05) is 0 Å². The molecule has 0 aliphatic heterocycles. The molecule has 0 N–H and O–H groups in total. The number of non-ortho nitro benzene ring substituents is 1. The van der Waals surface area contributed by atoms with Crippen LogP contribution in [0.25, 0.3) is 0 Å². The molecule has 0 bridgehead atoms. The molecule has 1 aromatic rings. The second kappa shape index (κ2) is 7.29. The molecular weight excluding hydrogens is 282 g/mol. The fourth-order valence-corrected chi connectivity index (χ4v) is 1.74. The van der Waals surface area contributed by atoms with Crippen LogP contribution in [0.3, 0.4) is 0 Å². The molecule has 0 heterocycles. The highest BCUT2D eigenvalue weighted by molar-refractivity contribution is 5.71. The van der Waals surface area contributed by atoms with Crippen LogP contribution < -0.4 is 0 Å². The first kappa shape index (κ1) is 16.5. The smallest absolute Gasteiger partial charge is 0.319 e. The van der Waals surface area contributed by atoms with Gasteiger partial charge in [-0.25, -0.2) is 0 Å². The number of likely N-dealkylation sites (N-methyl/N-ethyl adjacent to an activating group) is 1. The zero-order valence-corrected chi connectivity index (χ0v) is 11.6. The van der Waals surface area contributed by atoms with Crippen molar-refractivity contribution in [3.05, 3.63) is 44.0 Å². The summed E-state index contributed by atoms with van der Waals surface area (Å²) < 4.78 is 4.54. The predicted octanol–water partition coefficient (Wildman–Crippen LogP) is 1.50. The van der Waals surface area contributed by atoms with Gasteiger partial charge in [-0.15, -0.1) is 0 Å². The number of methoxy groups -OCH3 is 1. The van der Waals surface area contributed by atoms with Gasteiger partial charge in [0.25, 0.3) is 11.4 Å². The van der Waals surface area contributed by atoms with Gasteiger partial charge in [0.05, 0.1) is 29.6 Å². The van der Waals surface area contributed by atoms with Gasteiger partial charge in [-0.2, -0.15) is 0 Å². The molecule has 0 saturated carbocycles. The van der Waals surface area contributed by atoms with Gasteiger partial charge in [0.15, 0.2) is 0 Å². The third kappa shape index (κ3) is 4.49. The van der Waals surface area contributed by atoms with E-state index in [0.29, 0.717) is 12.1 Å². The summed E-state index contributed by atoms with van der Waals surface area (Å²) >= 11 is 0. The van der Waals surface area contributed by atoms with Gasteiger partial charge in [-0.05, 0) is 12.6 Å². The van der Waals surface area contributed by atoms with Gasteiger partial charge >= 0.3 is 5.97 Å². The molecule has 0 spiro atoms. The van der Waals surface area contributed by atoms with Crippen molar-refractivity contribution in [2.45, 2.75) is 13.5 Å². The molecule has 1 aromatic carbocycles. The number of rotatable bonds is 7. The lowest BCUT2D eigenvalue weighted by atomic mass is 10.1. The summed E-state index contributed by atoms with van der Waals surface area (Å²) in [6.45, 7) is 2.38. The summed E-state index contributed by atoms with van der Waals surface area (Å²) in [5.74, 6) is -0.457.